The highest BCUT2D eigenvalue weighted by atomic mass is 32.1. The number of hydrogen-bond donors (Lipinski definition) is 0. The molecule has 0 bridgehead atoms. The van der Waals surface area contributed by atoms with E-state index in [-0.39, 0.29) is 35.6 Å². The standard InChI is InChI=1S/C60H102O6S4/c1-3-5-7-9-11-13-15-17-19-21-23-25-27-31-35-39-43-63-57(61)51-47-53(55(51)49-67)59(69)65-45-41-37-33-29-30-34-38-42-46-66-60(70)54-48-52(56(54)50-68)58(62)64-44-40-36-32-28-26-24-22-20-18-16-14-12-10-8-6-4-2/h51-54H,3-48H2,1-2H3. The number of carbonyl (C=O) groups excluding carboxylic acids is 2. The van der Waals surface area contributed by atoms with Crippen molar-refractivity contribution >= 4 is 81.0 Å². The minimum atomic E-state index is -0.329. The third-order valence-electron chi connectivity index (χ3n) is 14.8. The van der Waals surface area contributed by atoms with Crippen molar-refractivity contribution in [2.24, 2.45) is 23.7 Å². The maximum absolute atomic E-state index is 12.7. The molecule has 2 aliphatic rings. The molecule has 2 fully saturated rings. The van der Waals surface area contributed by atoms with Crippen LogP contribution in [-0.2, 0) is 28.5 Å². The molecule has 0 N–H and O–H groups in total. The molecule has 0 spiro atoms. The monoisotopic (exact) mass is 1050 g/mol. The molecule has 0 heterocycles. The molecule has 2 rings (SSSR count). The van der Waals surface area contributed by atoms with Crippen LogP contribution in [0.25, 0.3) is 0 Å². The predicted molar refractivity (Wildman–Crippen MR) is 310 cm³/mol. The van der Waals surface area contributed by atoms with E-state index in [4.69, 9.17) is 67.8 Å². The Morgan fingerprint density at radius 2 is 0.543 bits per heavy atom. The van der Waals surface area contributed by atoms with Gasteiger partial charge in [0.1, 0.15) is 0 Å². The van der Waals surface area contributed by atoms with Gasteiger partial charge in [-0.1, -0.05) is 245 Å². The van der Waals surface area contributed by atoms with E-state index >= 15 is 0 Å². The van der Waals surface area contributed by atoms with Crippen LogP contribution >= 0.6 is 48.9 Å². The number of unbranched alkanes of at least 4 members (excludes halogenated alkanes) is 37. The van der Waals surface area contributed by atoms with Gasteiger partial charge >= 0.3 is 11.9 Å². The highest BCUT2D eigenvalue weighted by Gasteiger charge is 2.45. The summed E-state index contributed by atoms with van der Waals surface area (Å²) in [7, 11) is 0. The first-order valence-corrected chi connectivity index (χ1v) is 31.2. The second-order valence-corrected chi connectivity index (χ2v) is 22.1. The largest absolute Gasteiger partial charge is 0.486 e. The van der Waals surface area contributed by atoms with Crippen LogP contribution in [0.15, 0.2) is 11.1 Å². The fraction of sp³-hybridized carbons (Fsp3) is 0.867. The van der Waals surface area contributed by atoms with Gasteiger partial charge in [0.25, 0.3) is 0 Å². The van der Waals surface area contributed by atoms with E-state index in [1.54, 1.807) is 0 Å². The van der Waals surface area contributed by atoms with Crippen molar-refractivity contribution in [3.8, 4) is 0 Å². The number of ether oxygens (including phenoxy) is 4. The third-order valence-corrected chi connectivity index (χ3v) is 16.1. The van der Waals surface area contributed by atoms with E-state index in [0.29, 0.717) is 49.4 Å². The molecule has 0 aromatic rings. The Kier molecular flexibility index (Phi) is 42.5. The van der Waals surface area contributed by atoms with E-state index in [0.717, 1.165) is 75.4 Å². The Morgan fingerprint density at radius 1 is 0.343 bits per heavy atom. The van der Waals surface area contributed by atoms with E-state index < -0.39 is 0 Å². The molecule has 0 aromatic carbocycles. The van der Waals surface area contributed by atoms with Crippen molar-refractivity contribution in [3.63, 3.8) is 0 Å². The molecule has 402 valence electrons. The van der Waals surface area contributed by atoms with Gasteiger partial charge in [0, 0.05) is 11.1 Å². The van der Waals surface area contributed by atoms with Crippen LogP contribution in [0.4, 0.5) is 0 Å². The number of esters is 2. The zero-order chi connectivity index (χ0) is 50.5. The molecular formula is C60H102O6S4. The first-order valence-electron chi connectivity index (χ1n) is 29.6. The first-order chi connectivity index (χ1) is 34.4. The molecule has 4 atom stereocenters. The van der Waals surface area contributed by atoms with Crippen molar-refractivity contribution in [1.29, 1.82) is 0 Å². The van der Waals surface area contributed by atoms with E-state index in [1.807, 2.05) is 0 Å². The molecule has 0 saturated heterocycles. The first kappa shape index (κ1) is 64.6. The molecule has 10 heteroatoms. The molecule has 2 saturated carbocycles. The molecule has 0 amide bonds. The zero-order valence-electron chi connectivity index (χ0n) is 44.9. The summed E-state index contributed by atoms with van der Waals surface area (Å²) in [6, 6.07) is 0. The fourth-order valence-corrected chi connectivity index (χ4v) is 11.2. The van der Waals surface area contributed by atoms with Crippen LogP contribution in [0.1, 0.15) is 284 Å². The van der Waals surface area contributed by atoms with Crippen molar-refractivity contribution in [1.82, 2.24) is 0 Å². The summed E-state index contributed by atoms with van der Waals surface area (Å²) in [6.07, 6.45) is 52.3. The lowest BCUT2D eigenvalue weighted by Gasteiger charge is -2.35. The molecule has 0 aliphatic heterocycles. The van der Waals surface area contributed by atoms with E-state index in [9.17, 15) is 9.59 Å². The Labute approximate surface area is 451 Å². The minimum absolute atomic E-state index is 0.102. The smallest absolute Gasteiger partial charge is 0.313 e. The number of carbonyl (C=O) groups is 2. The Bertz CT molecular complexity index is 1360. The Hall–Kier alpha value is -1.54. The van der Waals surface area contributed by atoms with Crippen LogP contribution in [0.2, 0.25) is 0 Å². The van der Waals surface area contributed by atoms with Gasteiger partial charge in [0.05, 0.1) is 50.1 Å². The van der Waals surface area contributed by atoms with Gasteiger partial charge in [-0.3, -0.25) is 9.59 Å². The lowest BCUT2D eigenvalue weighted by atomic mass is 9.71. The topological polar surface area (TPSA) is 71.1 Å². The van der Waals surface area contributed by atoms with Gasteiger partial charge in [0.15, 0.2) is 10.1 Å². The lowest BCUT2D eigenvalue weighted by Crippen LogP contribution is -2.40. The molecule has 2 aliphatic carbocycles. The van der Waals surface area contributed by atoms with Crippen LogP contribution in [0.5, 0.6) is 0 Å². The molecule has 0 aromatic heterocycles. The van der Waals surface area contributed by atoms with Gasteiger partial charge < -0.3 is 18.9 Å². The van der Waals surface area contributed by atoms with E-state index in [1.165, 1.54) is 193 Å². The maximum atomic E-state index is 12.7. The Morgan fingerprint density at radius 3 is 0.757 bits per heavy atom. The quantitative estimate of drug-likeness (QED) is 0.0334. The summed E-state index contributed by atoms with van der Waals surface area (Å²) in [5.74, 6) is -1.25. The van der Waals surface area contributed by atoms with Crippen LogP contribution in [0.3, 0.4) is 0 Å². The maximum Gasteiger partial charge on any atom is 0.313 e. The molecule has 4 unspecified atom stereocenters. The number of rotatable bonds is 49. The summed E-state index contributed by atoms with van der Waals surface area (Å²) in [5, 5.41) is 6.67. The molecule has 70 heavy (non-hydrogen) atoms. The van der Waals surface area contributed by atoms with Gasteiger partial charge in [-0.2, -0.15) is 0 Å². The third kappa shape index (κ3) is 31.3. The average molecular weight is 1050 g/mol. The van der Waals surface area contributed by atoms with Gasteiger partial charge in [-0.05, 0) is 97.4 Å². The minimum Gasteiger partial charge on any atom is -0.486 e. The molecular weight excluding hydrogens is 945 g/mol. The highest BCUT2D eigenvalue weighted by Crippen LogP contribution is 2.41. The normalized spacial score (nSPS) is 17.3. The summed E-state index contributed by atoms with van der Waals surface area (Å²) < 4.78 is 23.1. The molecule has 0 radical (unpaired) electrons. The van der Waals surface area contributed by atoms with Gasteiger partial charge in [-0.15, -0.1) is 0 Å². The SMILES string of the molecule is CCCCCCCCCCCCCCCCCCOC(=O)C1CC(C(=S)OCCCCCCCCCCOC(=S)C2CC(C(=O)OCCCCCCCCCCCCCCCCCC)C2=C=S)C1=C=S. The average Bonchev–Trinajstić information content (AvgIpc) is 3.33. The highest BCUT2D eigenvalue weighted by molar-refractivity contribution is 7.80. The van der Waals surface area contributed by atoms with Crippen molar-refractivity contribution in [2.75, 3.05) is 26.4 Å². The lowest BCUT2D eigenvalue weighted by molar-refractivity contribution is -0.150. The molecule has 6 nitrogen and oxygen atoms in total. The summed E-state index contributed by atoms with van der Waals surface area (Å²) in [5.41, 5.74) is 1.51. The fourth-order valence-electron chi connectivity index (χ4n) is 9.98. The van der Waals surface area contributed by atoms with Gasteiger partial charge in [-0.25, -0.2) is 0 Å². The van der Waals surface area contributed by atoms with Crippen LogP contribution in [-0.4, -0.2) is 58.5 Å². The van der Waals surface area contributed by atoms with E-state index in [2.05, 4.69) is 23.9 Å². The van der Waals surface area contributed by atoms with Crippen molar-refractivity contribution in [3.05, 3.63) is 11.1 Å². The summed E-state index contributed by atoms with van der Waals surface area (Å²) in [6.45, 7) is 6.69. The summed E-state index contributed by atoms with van der Waals surface area (Å²) >= 11 is 21.5. The number of hydrogen-bond acceptors (Lipinski definition) is 10. The second-order valence-electron chi connectivity index (χ2n) is 20.9. The summed E-state index contributed by atoms with van der Waals surface area (Å²) in [4.78, 5) is 25.5. The van der Waals surface area contributed by atoms with Crippen molar-refractivity contribution in [2.45, 2.75) is 284 Å². The van der Waals surface area contributed by atoms with Crippen LogP contribution in [0, 0.1) is 23.7 Å². The van der Waals surface area contributed by atoms with Crippen LogP contribution < -0.4 is 0 Å². The zero-order valence-corrected chi connectivity index (χ0v) is 48.2. The van der Waals surface area contributed by atoms with Gasteiger partial charge in [0.2, 0.25) is 0 Å². The predicted octanol–water partition coefficient (Wildman–Crippen LogP) is 18.7. The number of thiocarbonyl (C=S) groups is 4. The van der Waals surface area contributed by atoms with Crippen molar-refractivity contribution < 1.29 is 28.5 Å². The second kappa shape index (κ2) is 46.0. The Balaban J connectivity index is 1.35.